The molecule has 10 heteroatoms. The number of anilines is 2. The van der Waals surface area contributed by atoms with Crippen LogP contribution in [0.25, 0.3) is 0 Å². The van der Waals surface area contributed by atoms with Gasteiger partial charge in [0.25, 0.3) is 0 Å². The molecule has 0 unspecified atom stereocenters. The number of thiocarbonyl (C=S) groups is 1. The highest BCUT2D eigenvalue weighted by molar-refractivity contribution is 7.80. The summed E-state index contributed by atoms with van der Waals surface area (Å²) >= 11 is 5.11. The summed E-state index contributed by atoms with van der Waals surface area (Å²) < 4.78 is 54.4. The zero-order chi connectivity index (χ0) is 20.9. The van der Waals surface area contributed by atoms with E-state index in [1.807, 2.05) is 0 Å². The molecule has 2 aromatic rings. The fourth-order valence-electron chi connectivity index (χ4n) is 2.38. The number of rotatable bonds is 5. The van der Waals surface area contributed by atoms with Gasteiger partial charge in [-0.3, -0.25) is 0 Å². The van der Waals surface area contributed by atoms with Crippen LogP contribution in [0.15, 0.2) is 36.4 Å². The summed E-state index contributed by atoms with van der Waals surface area (Å²) in [5.74, 6) is -0.132. The van der Waals surface area contributed by atoms with Crippen LogP contribution in [-0.4, -0.2) is 32.4 Å². The predicted molar refractivity (Wildman–Crippen MR) is 102 cm³/mol. The number of carbonyl (C=O) groups is 1. The Kier molecular flexibility index (Phi) is 6.68. The van der Waals surface area contributed by atoms with Crippen molar-refractivity contribution in [3.63, 3.8) is 0 Å². The average molecular weight is 414 g/mol. The summed E-state index contributed by atoms with van der Waals surface area (Å²) in [6, 6.07) is 7.69. The third-order valence-corrected chi connectivity index (χ3v) is 3.86. The SMILES string of the molecule is COC(=O)c1cc(OC)c(OC)cc1NC(=S)Nc1ccccc1C(F)(F)F. The second-order valence-corrected chi connectivity index (χ2v) is 5.78. The lowest BCUT2D eigenvalue weighted by Gasteiger charge is -2.18. The van der Waals surface area contributed by atoms with Gasteiger partial charge in [-0.25, -0.2) is 4.79 Å². The number of nitrogens with one attached hydrogen (secondary N) is 2. The van der Waals surface area contributed by atoms with E-state index in [0.717, 1.165) is 6.07 Å². The molecule has 0 aliphatic rings. The minimum Gasteiger partial charge on any atom is -0.493 e. The van der Waals surface area contributed by atoms with Crippen LogP contribution >= 0.6 is 12.2 Å². The molecular formula is C18H17F3N2O4S. The summed E-state index contributed by atoms with van der Waals surface area (Å²) in [5, 5.41) is 5.03. The lowest BCUT2D eigenvalue weighted by atomic mass is 10.1. The van der Waals surface area contributed by atoms with Gasteiger partial charge in [-0.05, 0) is 24.4 Å². The Hall–Kier alpha value is -3.01. The van der Waals surface area contributed by atoms with Crippen molar-refractivity contribution in [2.75, 3.05) is 32.0 Å². The van der Waals surface area contributed by atoms with Crippen LogP contribution in [0.2, 0.25) is 0 Å². The Morgan fingerprint density at radius 3 is 2.11 bits per heavy atom. The van der Waals surface area contributed by atoms with Crippen LogP contribution in [0.4, 0.5) is 24.5 Å². The van der Waals surface area contributed by atoms with Gasteiger partial charge in [-0.2, -0.15) is 13.2 Å². The van der Waals surface area contributed by atoms with E-state index in [4.69, 9.17) is 26.4 Å². The molecule has 2 rings (SSSR count). The number of methoxy groups -OCH3 is 3. The normalized spacial score (nSPS) is 10.8. The van der Waals surface area contributed by atoms with E-state index in [9.17, 15) is 18.0 Å². The van der Waals surface area contributed by atoms with Crippen LogP contribution in [0, 0.1) is 0 Å². The highest BCUT2D eigenvalue weighted by Crippen LogP contribution is 2.36. The molecule has 0 spiro atoms. The molecule has 2 aromatic carbocycles. The molecule has 0 heterocycles. The molecule has 0 saturated carbocycles. The van der Waals surface area contributed by atoms with Crippen molar-refractivity contribution in [2.45, 2.75) is 6.18 Å². The number of hydrogen-bond donors (Lipinski definition) is 2. The van der Waals surface area contributed by atoms with E-state index in [1.165, 1.54) is 51.7 Å². The summed E-state index contributed by atoms with van der Waals surface area (Å²) in [4.78, 5) is 12.1. The van der Waals surface area contributed by atoms with Crippen LogP contribution in [0.5, 0.6) is 11.5 Å². The minimum absolute atomic E-state index is 0.0633. The maximum absolute atomic E-state index is 13.1. The molecule has 0 amide bonds. The zero-order valence-electron chi connectivity index (χ0n) is 15.1. The molecule has 0 atom stereocenters. The van der Waals surface area contributed by atoms with Gasteiger partial charge in [-0.15, -0.1) is 0 Å². The number of benzene rings is 2. The van der Waals surface area contributed by atoms with E-state index in [2.05, 4.69) is 10.6 Å². The predicted octanol–water partition coefficient (Wildman–Crippen LogP) is 4.32. The Labute approximate surface area is 164 Å². The lowest BCUT2D eigenvalue weighted by molar-refractivity contribution is -0.136. The highest BCUT2D eigenvalue weighted by atomic mass is 32.1. The number of hydrogen-bond acceptors (Lipinski definition) is 5. The number of halogens is 3. The summed E-state index contributed by atoms with van der Waals surface area (Å²) in [6.45, 7) is 0. The number of alkyl halides is 3. The van der Waals surface area contributed by atoms with Gasteiger partial charge < -0.3 is 24.8 Å². The van der Waals surface area contributed by atoms with Crippen LogP contribution in [0.3, 0.4) is 0 Å². The van der Waals surface area contributed by atoms with Gasteiger partial charge in [0.1, 0.15) is 0 Å². The van der Waals surface area contributed by atoms with E-state index >= 15 is 0 Å². The minimum atomic E-state index is -4.56. The van der Waals surface area contributed by atoms with Crippen molar-refractivity contribution in [2.24, 2.45) is 0 Å². The first-order valence-corrected chi connectivity index (χ1v) is 8.20. The van der Waals surface area contributed by atoms with Gasteiger partial charge in [-0.1, -0.05) is 12.1 Å². The van der Waals surface area contributed by atoms with Crippen molar-refractivity contribution in [1.82, 2.24) is 0 Å². The molecule has 0 saturated heterocycles. The molecule has 0 fully saturated rings. The Morgan fingerprint density at radius 1 is 0.964 bits per heavy atom. The zero-order valence-corrected chi connectivity index (χ0v) is 16.0. The van der Waals surface area contributed by atoms with Gasteiger partial charge >= 0.3 is 12.1 Å². The number of para-hydroxylation sites is 1. The maximum atomic E-state index is 13.1. The molecule has 150 valence electrons. The first-order chi connectivity index (χ1) is 13.2. The monoisotopic (exact) mass is 414 g/mol. The Morgan fingerprint density at radius 2 is 1.54 bits per heavy atom. The van der Waals surface area contributed by atoms with Crippen molar-refractivity contribution in [3.05, 3.63) is 47.5 Å². The first-order valence-electron chi connectivity index (χ1n) is 7.79. The fraction of sp³-hybridized carbons (Fsp3) is 0.222. The molecule has 2 N–H and O–H groups in total. The van der Waals surface area contributed by atoms with Crippen LogP contribution in [0.1, 0.15) is 15.9 Å². The summed E-state index contributed by atoms with van der Waals surface area (Å²) in [7, 11) is 3.99. The molecule has 6 nitrogen and oxygen atoms in total. The van der Waals surface area contributed by atoms with Crippen molar-refractivity contribution >= 4 is 34.7 Å². The quantitative estimate of drug-likeness (QED) is 0.558. The van der Waals surface area contributed by atoms with Crippen molar-refractivity contribution in [1.29, 1.82) is 0 Å². The van der Waals surface area contributed by atoms with Gasteiger partial charge in [0, 0.05) is 12.1 Å². The molecule has 0 aliphatic carbocycles. The Bertz CT molecular complexity index is 888. The lowest BCUT2D eigenvalue weighted by Crippen LogP contribution is -2.23. The van der Waals surface area contributed by atoms with Gasteiger partial charge in [0.15, 0.2) is 16.6 Å². The smallest absolute Gasteiger partial charge is 0.418 e. The largest absolute Gasteiger partial charge is 0.493 e. The molecule has 28 heavy (non-hydrogen) atoms. The molecule has 0 aromatic heterocycles. The third kappa shape index (κ3) is 4.83. The van der Waals surface area contributed by atoms with E-state index in [0.29, 0.717) is 0 Å². The highest BCUT2D eigenvalue weighted by Gasteiger charge is 2.33. The van der Waals surface area contributed by atoms with E-state index in [-0.39, 0.29) is 33.5 Å². The summed E-state index contributed by atoms with van der Waals surface area (Å²) in [6.07, 6.45) is -4.56. The van der Waals surface area contributed by atoms with Crippen molar-refractivity contribution in [3.8, 4) is 11.5 Å². The number of esters is 1. The van der Waals surface area contributed by atoms with E-state index < -0.39 is 17.7 Å². The second kappa shape index (κ2) is 8.79. The fourth-order valence-corrected chi connectivity index (χ4v) is 2.60. The summed E-state index contributed by atoms with van der Waals surface area (Å²) in [5.41, 5.74) is -0.868. The van der Waals surface area contributed by atoms with Gasteiger partial charge in [0.05, 0.1) is 43.8 Å². The molecular weight excluding hydrogens is 397 g/mol. The second-order valence-electron chi connectivity index (χ2n) is 5.37. The van der Waals surface area contributed by atoms with Gasteiger partial charge in [0.2, 0.25) is 0 Å². The van der Waals surface area contributed by atoms with Crippen molar-refractivity contribution < 1.29 is 32.2 Å². The number of carbonyl (C=O) groups excluding carboxylic acids is 1. The number of ether oxygens (including phenoxy) is 3. The first kappa shape index (κ1) is 21.3. The maximum Gasteiger partial charge on any atom is 0.418 e. The van der Waals surface area contributed by atoms with E-state index in [1.54, 1.807) is 0 Å². The average Bonchev–Trinajstić information content (AvgIpc) is 2.66. The standard InChI is InChI=1S/C18H17F3N2O4S/c1-25-14-8-10(16(24)27-3)13(9-15(14)26-2)23-17(28)22-12-7-5-4-6-11(12)18(19,20)21/h4-9H,1-3H3,(H2,22,23,28). The third-order valence-electron chi connectivity index (χ3n) is 3.66. The molecule has 0 radical (unpaired) electrons. The van der Waals surface area contributed by atoms with Crippen LogP contribution in [-0.2, 0) is 10.9 Å². The van der Waals surface area contributed by atoms with Crippen LogP contribution < -0.4 is 20.1 Å². The molecule has 0 aliphatic heterocycles. The Balaban J connectivity index is 2.35. The molecule has 0 bridgehead atoms. The topological polar surface area (TPSA) is 68.8 Å².